The van der Waals surface area contributed by atoms with Gasteiger partial charge in [-0.05, 0) is 29.9 Å². The molecule has 2 heterocycles. The van der Waals surface area contributed by atoms with Gasteiger partial charge < -0.3 is 14.8 Å². The Kier molecular flexibility index (Phi) is 9.62. The molecule has 0 radical (unpaired) electrons. The minimum absolute atomic E-state index is 0.144. The maximum Gasteiger partial charge on any atom is 0.330 e. The number of urea groups is 1. The molecule has 1 aromatic heterocycles. The van der Waals surface area contributed by atoms with Crippen LogP contribution >= 0.6 is 23.2 Å². The third-order valence-corrected chi connectivity index (χ3v) is 8.99. The summed E-state index contributed by atoms with van der Waals surface area (Å²) in [5.74, 6) is 2.31. The fourth-order valence-electron chi connectivity index (χ4n) is 5.78. The van der Waals surface area contributed by atoms with Crippen molar-refractivity contribution in [2.75, 3.05) is 29.3 Å². The van der Waals surface area contributed by atoms with Crippen molar-refractivity contribution in [2.45, 2.75) is 71.5 Å². The highest BCUT2D eigenvalue weighted by Gasteiger charge is 2.37. The van der Waals surface area contributed by atoms with E-state index in [1.54, 1.807) is 17.2 Å². The Bertz CT molecular complexity index is 1490. The van der Waals surface area contributed by atoms with Gasteiger partial charge in [0.1, 0.15) is 33.1 Å². The molecule has 1 fully saturated rings. The van der Waals surface area contributed by atoms with E-state index >= 15 is 0 Å². The number of rotatable bonds is 10. The van der Waals surface area contributed by atoms with E-state index in [0.29, 0.717) is 42.0 Å². The maximum absolute atomic E-state index is 14.4. The van der Waals surface area contributed by atoms with Crippen molar-refractivity contribution in [3.05, 3.63) is 63.3 Å². The van der Waals surface area contributed by atoms with Gasteiger partial charge in [0.25, 0.3) is 0 Å². The first-order valence-electron chi connectivity index (χ1n) is 14.6. The second-order valence-corrected chi connectivity index (χ2v) is 11.9. The highest BCUT2D eigenvalue weighted by atomic mass is 35.5. The van der Waals surface area contributed by atoms with Crippen LogP contribution in [0, 0.1) is 5.92 Å². The Hall–Kier alpha value is -3.56. The van der Waals surface area contributed by atoms with Crippen LogP contribution in [0.4, 0.5) is 22.2 Å². The van der Waals surface area contributed by atoms with Crippen LogP contribution < -0.4 is 24.6 Å². The first-order valence-corrected chi connectivity index (χ1v) is 15.4. The van der Waals surface area contributed by atoms with E-state index in [1.807, 2.05) is 31.2 Å². The number of carbonyl (C=O) groups excluding carboxylic acids is 2. The van der Waals surface area contributed by atoms with Gasteiger partial charge in [-0.2, -0.15) is 4.98 Å². The van der Waals surface area contributed by atoms with Crippen molar-refractivity contribution in [1.82, 2.24) is 9.97 Å². The molecule has 1 aliphatic heterocycles. The minimum Gasteiger partial charge on any atom is -0.495 e. The molecule has 1 aliphatic carbocycles. The van der Waals surface area contributed by atoms with Crippen LogP contribution in [0.15, 0.2) is 36.5 Å². The van der Waals surface area contributed by atoms with Gasteiger partial charge in [0.05, 0.1) is 33.0 Å². The van der Waals surface area contributed by atoms with Gasteiger partial charge in [0.15, 0.2) is 0 Å². The molecular weight excluding hydrogens is 589 g/mol. The van der Waals surface area contributed by atoms with Crippen molar-refractivity contribution in [3.8, 4) is 11.5 Å². The summed E-state index contributed by atoms with van der Waals surface area (Å²) in [6.45, 7) is 4.46. The SMILES string of the molecule is CCC(=O)Cc1cccc(CN2C(=O)N(c3c(Cl)c(OC)cc(OC)c3Cl)Cc3cnc(NC4CCCCC4C)nc32)c1. The lowest BCUT2D eigenvalue weighted by molar-refractivity contribution is -0.118. The molecule has 1 saturated carbocycles. The number of halogens is 2. The lowest BCUT2D eigenvalue weighted by Crippen LogP contribution is -2.48. The summed E-state index contributed by atoms with van der Waals surface area (Å²) in [5, 5.41) is 3.90. The fourth-order valence-corrected chi connectivity index (χ4v) is 6.49. The van der Waals surface area contributed by atoms with Crippen LogP contribution in [-0.2, 0) is 24.3 Å². The molecule has 2 unspecified atom stereocenters. The van der Waals surface area contributed by atoms with Crippen LogP contribution in [0.5, 0.6) is 11.5 Å². The Balaban J connectivity index is 1.56. The molecule has 2 aromatic carbocycles. The average molecular weight is 627 g/mol. The van der Waals surface area contributed by atoms with Crippen molar-refractivity contribution in [3.63, 3.8) is 0 Å². The van der Waals surface area contributed by atoms with Crippen molar-refractivity contribution < 1.29 is 19.1 Å². The molecular formula is C32H37Cl2N5O4. The number of fused-ring (bicyclic) bond motifs is 1. The first-order chi connectivity index (χ1) is 20.7. The quantitative estimate of drug-likeness (QED) is 0.250. The van der Waals surface area contributed by atoms with E-state index in [0.717, 1.165) is 36.0 Å². The normalized spacial score (nSPS) is 18.3. The van der Waals surface area contributed by atoms with Crippen LogP contribution in [0.1, 0.15) is 62.6 Å². The zero-order valence-electron chi connectivity index (χ0n) is 25.0. The molecule has 3 aromatic rings. The molecule has 5 rings (SSSR count). The summed E-state index contributed by atoms with van der Waals surface area (Å²) in [6, 6.07) is 9.21. The van der Waals surface area contributed by atoms with Crippen LogP contribution in [0.2, 0.25) is 10.0 Å². The molecule has 228 valence electrons. The number of carbonyl (C=O) groups is 2. The van der Waals surface area contributed by atoms with E-state index < -0.39 is 0 Å². The van der Waals surface area contributed by atoms with Crippen LogP contribution in [-0.4, -0.2) is 42.0 Å². The number of aromatic nitrogens is 2. The fraction of sp³-hybridized carbons (Fsp3) is 0.438. The van der Waals surface area contributed by atoms with Gasteiger partial charge in [-0.25, -0.2) is 9.78 Å². The van der Waals surface area contributed by atoms with E-state index in [2.05, 4.69) is 17.2 Å². The Labute approximate surface area is 262 Å². The Morgan fingerprint density at radius 2 is 1.77 bits per heavy atom. The number of nitrogens with one attached hydrogen (secondary N) is 1. The number of benzene rings is 2. The summed E-state index contributed by atoms with van der Waals surface area (Å²) in [7, 11) is 2.98. The van der Waals surface area contributed by atoms with Gasteiger partial charge >= 0.3 is 6.03 Å². The summed E-state index contributed by atoms with van der Waals surface area (Å²) < 4.78 is 10.9. The molecule has 2 aliphatic rings. The standard InChI is InChI=1S/C32H37Cl2N5O4/c1-5-23(40)14-20-10-8-11-21(13-20)17-39-30-22(16-35-31(37-30)36-24-12-7-6-9-19(24)2)18-38(32(39)41)29-27(33)25(42-3)15-26(43-4)28(29)34/h8,10-11,13,15-16,19,24H,5-7,9,12,14,17-18H2,1-4H3,(H,35,36,37). The van der Waals surface area contributed by atoms with E-state index in [-0.39, 0.29) is 46.7 Å². The number of ketones is 1. The molecule has 1 N–H and O–H groups in total. The molecule has 43 heavy (non-hydrogen) atoms. The number of hydrogen-bond acceptors (Lipinski definition) is 7. The monoisotopic (exact) mass is 625 g/mol. The molecule has 9 nitrogen and oxygen atoms in total. The smallest absolute Gasteiger partial charge is 0.330 e. The van der Waals surface area contributed by atoms with Crippen molar-refractivity contribution >= 4 is 52.5 Å². The third kappa shape index (κ3) is 6.53. The number of methoxy groups -OCH3 is 2. The van der Waals surface area contributed by atoms with E-state index in [1.165, 1.54) is 25.5 Å². The van der Waals surface area contributed by atoms with Crippen molar-refractivity contribution in [2.24, 2.45) is 5.92 Å². The average Bonchev–Trinajstić information content (AvgIpc) is 3.00. The summed E-state index contributed by atoms with van der Waals surface area (Å²) >= 11 is 13.5. The highest BCUT2D eigenvalue weighted by Crippen LogP contribution is 2.48. The second-order valence-electron chi connectivity index (χ2n) is 11.2. The number of amides is 2. The van der Waals surface area contributed by atoms with Crippen LogP contribution in [0.3, 0.4) is 0 Å². The number of nitrogens with zero attached hydrogens (tertiary/aromatic N) is 4. The topological polar surface area (TPSA) is 96.9 Å². The zero-order valence-corrected chi connectivity index (χ0v) is 26.5. The predicted octanol–water partition coefficient (Wildman–Crippen LogP) is 7.46. The highest BCUT2D eigenvalue weighted by molar-refractivity contribution is 6.42. The molecule has 0 bridgehead atoms. The van der Waals surface area contributed by atoms with Crippen LogP contribution in [0.25, 0.3) is 0 Å². The lowest BCUT2D eigenvalue weighted by Gasteiger charge is -2.37. The molecule has 11 heteroatoms. The molecule has 2 atom stereocenters. The molecule has 0 spiro atoms. The number of anilines is 3. The van der Waals surface area contributed by atoms with E-state index in [9.17, 15) is 9.59 Å². The predicted molar refractivity (Wildman–Crippen MR) is 170 cm³/mol. The van der Waals surface area contributed by atoms with Gasteiger partial charge in [-0.1, -0.05) is 74.2 Å². The number of hydrogen-bond donors (Lipinski definition) is 1. The molecule has 0 saturated heterocycles. The second kappa shape index (κ2) is 13.4. The number of Topliss-reactive ketones (excluding diaryl/α,β-unsaturated/α-hetero) is 1. The van der Waals surface area contributed by atoms with E-state index in [4.69, 9.17) is 37.7 Å². The van der Waals surface area contributed by atoms with Gasteiger partial charge in [0.2, 0.25) is 5.95 Å². The largest absolute Gasteiger partial charge is 0.495 e. The van der Waals surface area contributed by atoms with Crippen molar-refractivity contribution in [1.29, 1.82) is 0 Å². The Morgan fingerprint density at radius 1 is 1.07 bits per heavy atom. The zero-order chi connectivity index (χ0) is 30.7. The lowest BCUT2D eigenvalue weighted by atomic mass is 9.86. The third-order valence-electron chi connectivity index (χ3n) is 8.26. The maximum atomic E-state index is 14.4. The van der Waals surface area contributed by atoms with Gasteiger partial charge in [-0.15, -0.1) is 0 Å². The summed E-state index contributed by atoms with van der Waals surface area (Å²) in [6.07, 6.45) is 7.15. The van der Waals surface area contributed by atoms with Gasteiger partial charge in [0, 0.05) is 36.7 Å². The summed E-state index contributed by atoms with van der Waals surface area (Å²) in [4.78, 5) is 39.2. The Morgan fingerprint density at radius 3 is 2.44 bits per heavy atom. The van der Waals surface area contributed by atoms with Gasteiger partial charge in [-0.3, -0.25) is 14.6 Å². The minimum atomic E-state index is -0.364. The first kappa shape index (κ1) is 30.9. The molecule has 2 amide bonds. The number of ether oxygens (including phenoxy) is 2. The summed E-state index contributed by atoms with van der Waals surface area (Å²) in [5.41, 5.74) is 2.76.